The summed E-state index contributed by atoms with van der Waals surface area (Å²) in [5.74, 6) is 0.722. The molecular weight excluding hydrogens is 254 g/mol. The number of nitrogens with one attached hydrogen (secondary N) is 1. The zero-order valence-corrected chi connectivity index (χ0v) is 12.8. The summed E-state index contributed by atoms with van der Waals surface area (Å²) in [6.07, 6.45) is 2.76. The van der Waals surface area contributed by atoms with Crippen LogP contribution in [0.5, 0.6) is 0 Å². The van der Waals surface area contributed by atoms with Crippen molar-refractivity contribution in [2.24, 2.45) is 17.1 Å². The lowest BCUT2D eigenvalue weighted by Crippen LogP contribution is -2.55. The van der Waals surface area contributed by atoms with Crippen molar-refractivity contribution in [2.75, 3.05) is 13.1 Å². The zero-order valence-electron chi connectivity index (χ0n) is 12.8. The van der Waals surface area contributed by atoms with Crippen molar-refractivity contribution in [3.63, 3.8) is 0 Å². The molecule has 20 heavy (non-hydrogen) atoms. The van der Waals surface area contributed by atoms with E-state index in [1.807, 2.05) is 4.90 Å². The third kappa shape index (κ3) is 3.51. The molecule has 0 aromatic heterocycles. The van der Waals surface area contributed by atoms with E-state index in [0.717, 1.165) is 25.9 Å². The van der Waals surface area contributed by atoms with Crippen LogP contribution in [0, 0.1) is 11.3 Å². The predicted molar refractivity (Wildman–Crippen MR) is 77.9 cm³/mol. The molecular formula is C15H27N3O2. The van der Waals surface area contributed by atoms with Crippen LogP contribution in [0.3, 0.4) is 0 Å². The second-order valence-corrected chi connectivity index (χ2v) is 7.28. The van der Waals surface area contributed by atoms with Gasteiger partial charge in [-0.05, 0) is 24.2 Å². The number of nitrogens with two attached hydrogens (primary N) is 1. The van der Waals surface area contributed by atoms with Gasteiger partial charge in [-0.2, -0.15) is 0 Å². The fourth-order valence-electron chi connectivity index (χ4n) is 2.96. The van der Waals surface area contributed by atoms with Crippen molar-refractivity contribution in [1.29, 1.82) is 0 Å². The highest BCUT2D eigenvalue weighted by molar-refractivity contribution is 5.78. The Balaban J connectivity index is 1.88. The number of hydrogen-bond acceptors (Lipinski definition) is 3. The molecule has 3 unspecified atom stereocenters. The fraction of sp³-hybridized carbons (Fsp3) is 0.867. The minimum Gasteiger partial charge on any atom is -0.353 e. The summed E-state index contributed by atoms with van der Waals surface area (Å²) < 4.78 is 0. The average molecular weight is 281 g/mol. The number of nitrogens with zero attached hydrogens (tertiary/aromatic N) is 1. The Bertz CT molecular complexity index is 389. The third-order valence-corrected chi connectivity index (χ3v) is 4.68. The van der Waals surface area contributed by atoms with Crippen LogP contribution in [0.15, 0.2) is 0 Å². The van der Waals surface area contributed by atoms with Crippen molar-refractivity contribution >= 4 is 11.8 Å². The Kier molecular flexibility index (Phi) is 4.37. The summed E-state index contributed by atoms with van der Waals surface area (Å²) in [7, 11) is 0. The molecule has 5 heteroatoms. The first-order valence-corrected chi connectivity index (χ1v) is 7.60. The van der Waals surface area contributed by atoms with Gasteiger partial charge >= 0.3 is 0 Å². The summed E-state index contributed by atoms with van der Waals surface area (Å²) in [4.78, 5) is 25.7. The van der Waals surface area contributed by atoms with E-state index in [4.69, 9.17) is 5.73 Å². The van der Waals surface area contributed by atoms with Gasteiger partial charge in [-0.15, -0.1) is 0 Å². The molecule has 2 heterocycles. The van der Waals surface area contributed by atoms with E-state index in [1.165, 1.54) is 0 Å². The first-order valence-electron chi connectivity index (χ1n) is 7.60. The maximum Gasteiger partial charge on any atom is 0.224 e. The number of carbonyl (C=O) groups excluding carboxylic acids is 2. The van der Waals surface area contributed by atoms with Gasteiger partial charge in [0.15, 0.2) is 0 Å². The number of carbonyl (C=O) groups is 2. The highest BCUT2D eigenvalue weighted by Crippen LogP contribution is 2.27. The van der Waals surface area contributed by atoms with E-state index in [1.54, 1.807) is 0 Å². The Morgan fingerprint density at radius 2 is 2.15 bits per heavy atom. The number of rotatable bonds is 2. The number of fused-ring (bicyclic) bond motifs is 1. The molecule has 3 atom stereocenters. The first kappa shape index (κ1) is 15.3. The molecule has 0 bridgehead atoms. The van der Waals surface area contributed by atoms with E-state index < -0.39 is 0 Å². The van der Waals surface area contributed by atoms with E-state index in [2.05, 4.69) is 26.1 Å². The maximum atomic E-state index is 12.4. The van der Waals surface area contributed by atoms with Crippen molar-refractivity contribution in [3.05, 3.63) is 0 Å². The standard InChI is InChI=1S/C15H27N3O2/c1-15(2,3)12(16)8-14(20)18-7-6-11-10(9-18)4-5-13(19)17-11/h10-12H,4-9,16H2,1-3H3,(H,17,19). The van der Waals surface area contributed by atoms with Gasteiger partial charge in [-0.3, -0.25) is 9.59 Å². The molecule has 3 N–H and O–H groups in total. The fourth-order valence-corrected chi connectivity index (χ4v) is 2.96. The lowest BCUT2D eigenvalue weighted by Gasteiger charge is -2.42. The molecule has 5 nitrogen and oxygen atoms in total. The molecule has 0 aliphatic carbocycles. The summed E-state index contributed by atoms with van der Waals surface area (Å²) in [6, 6.07) is 0.148. The maximum absolute atomic E-state index is 12.4. The molecule has 0 aromatic carbocycles. The lowest BCUT2D eigenvalue weighted by atomic mass is 9.83. The summed E-state index contributed by atoms with van der Waals surface area (Å²) >= 11 is 0. The van der Waals surface area contributed by atoms with Gasteiger partial charge in [0.1, 0.15) is 0 Å². The number of piperidine rings is 2. The Morgan fingerprint density at radius 1 is 1.45 bits per heavy atom. The van der Waals surface area contributed by atoms with Gasteiger partial charge in [0.05, 0.1) is 0 Å². The van der Waals surface area contributed by atoms with Gasteiger partial charge < -0.3 is 16.0 Å². The second kappa shape index (κ2) is 5.72. The van der Waals surface area contributed by atoms with E-state index in [-0.39, 0.29) is 29.3 Å². The highest BCUT2D eigenvalue weighted by Gasteiger charge is 2.36. The largest absolute Gasteiger partial charge is 0.353 e. The zero-order chi connectivity index (χ0) is 14.9. The van der Waals surface area contributed by atoms with Crippen molar-refractivity contribution in [1.82, 2.24) is 10.2 Å². The van der Waals surface area contributed by atoms with E-state index in [9.17, 15) is 9.59 Å². The number of likely N-dealkylation sites (tertiary alicyclic amines) is 1. The Labute approximate surface area is 121 Å². The molecule has 0 radical (unpaired) electrons. The van der Waals surface area contributed by atoms with Gasteiger partial charge in [0.2, 0.25) is 11.8 Å². The normalized spacial score (nSPS) is 28.6. The minimum atomic E-state index is -0.112. The molecule has 0 aromatic rings. The van der Waals surface area contributed by atoms with Crippen LogP contribution >= 0.6 is 0 Å². The summed E-state index contributed by atoms with van der Waals surface area (Å²) in [6.45, 7) is 7.69. The van der Waals surface area contributed by atoms with Crippen LogP contribution in [0.4, 0.5) is 0 Å². The molecule has 114 valence electrons. The highest BCUT2D eigenvalue weighted by atomic mass is 16.2. The minimum absolute atomic E-state index is 0.0488. The van der Waals surface area contributed by atoms with Crippen molar-refractivity contribution < 1.29 is 9.59 Å². The monoisotopic (exact) mass is 281 g/mol. The molecule has 2 saturated heterocycles. The second-order valence-electron chi connectivity index (χ2n) is 7.28. The van der Waals surface area contributed by atoms with Gasteiger partial charge in [0, 0.05) is 38.0 Å². The lowest BCUT2D eigenvalue weighted by molar-refractivity contribution is -0.135. The van der Waals surface area contributed by atoms with Crippen LogP contribution in [0.25, 0.3) is 0 Å². The van der Waals surface area contributed by atoms with Gasteiger partial charge in [-0.1, -0.05) is 20.8 Å². The van der Waals surface area contributed by atoms with Crippen LogP contribution in [0.2, 0.25) is 0 Å². The Morgan fingerprint density at radius 3 is 2.80 bits per heavy atom. The third-order valence-electron chi connectivity index (χ3n) is 4.68. The Hall–Kier alpha value is -1.10. The predicted octanol–water partition coefficient (Wildman–Crippen LogP) is 0.877. The quantitative estimate of drug-likeness (QED) is 0.789. The summed E-state index contributed by atoms with van der Waals surface area (Å²) in [5, 5.41) is 3.04. The molecule has 2 aliphatic rings. The summed E-state index contributed by atoms with van der Waals surface area (Å²) in [5.41, 5.74) is 6.06. The van der Waals surface area contributed by atoms with Crippen LogP contribution in [-0.4, -0.2) is 41.9 Å². The van der Waals surface area contributed by atoms with Crippen LogP contribution < -0.4 is 11.1 Å². The molecule has 2 fully saturated rings. The number of hydrogen-bond donors (Lipinski definition) is 2. The van der Waals surface area contributed by atoms with E-state index in [0.29, 0.717) is 18.8 Å². The molecule has 2 rings (SSSR count). The molecule has 2 amide bonds. The number of amides is 2. The van der Waals surface area contributed by atoms with Crippen molar-refractivity contribution in [2.45, 2.75) is 58.5 Å². The first-order chi connectivity index (χ1) is 9.27. The van der Waals surface area contributed by atoms with Crippen LogP contribution in [0.1, 0.15) is 46.5 Å². The van der Waals surface area contributed by atoms with Crippen molar-refractivity contribution in [3.8, 4) is 0 Å². The van der Waals surface area contributed by atoms with Gasteiger partial charge in [-0.25, -0.2) is 0 Å². The molecule has 2 aliphatic heterocycles. The topological polar surface area (TPSA) is 75.4 Å². The molecule has 0 saturated carbocycles. The van der Waals surface area contributed by atoms with Crippen LogP contribution in [-0.2, 0) is 9.59 Å². The molecule has 0 spiro atoms. The average Bonchev–Trinajstić information content (AvgIpc) is 2.36. The van der Waals surface area contributed by atoms with E-state index >= 15 is 0 Å². The smallest absolute Gasteiger partial charge is 0.224 e. The van der Waals surface area contributed by atoms with Gasteiger partial charge in [0.25, 0.3) is 0 Å². The SMILES string of the molecule is CC(C)(C)C(N)CC(=O)N1CCC2NC(=O)CCC2C1.